The topological polar surface area (TPSA) is 101 Å². The van der Waals surface area contributed by atoms with Crippen LogP contribution < -0.4 is 10.1 Å². The fourth-order valence-corrected chi connectivity index (χ4v) is 5.28. The quantitative estimate of drug-likeness (QED) is 0.528. The summed E-state index contributed by atoms with van der Waals surface area (Å²) >= 11 is 0. The Balaban J connectivity index is 1.36. The molecule has 2 aliphatic heterocycles. The molecule has 202 valence electrons. The zero-order valence-corrected chi connectivity index (χ0v) is 22.1. The molecule has 9 heteroatoms. The Bertz CT molecular complexity index is 1350. The van der Waals surface area contributed by atoms with Gasteiger partial charge in [-0.05, 0) is 49.4 Å². The molecule has 0 bridgehead atoms. The van der Waals surface area contributed by atoms with Gasteiger partial charge in [-0.1, -0.05) is 29.8 Å². The van der Waals surface area contributed by atoms with Gasteiger partial charge in [0.1, 0.15) is 17.5 Å². The molecular formula is C30H32N4O5. The number of ether oxygens (including phenoxy) is 2. The Morgan fingerprint density at radius 3 is 2.44 bits per heavy atom. The maximum atomic E-state index is 13.9. The SMILES string of the molecule is COc1cccc(C(=O)N2CCC3(CC2)OCC(C(=O)NCc2ccccn2)N3C(=O)c2cccc(C)c2)c1. The highest BCUT2D eigenvalue weighted by atomic mass is 16.5. The van der Waals surface area contributed by atoms with Gasteiger partial charge in [0.25, 0.3) is 11.8 Å². The number of benzene rings is 2. The first kappa shape index (κ1) is 26.4. The van der Waals surface area contributed by atoms with E-state index < -0.39 is 11.8 Å². The van der Waals surface area contributed by atoms with Crippen molar-refractivity contribution in [2.24, 2.45) is 0 Å². The maximum absolute atomic E-state index is 13.9. The standard InChI is InChI=1S/C30H32N4O5/c1-21-7-5-8-22(17-21)29(37)34-26(27(35)32-19-24-10-3-4-14-31-24)20-39-30(34)12-15-33(16-13-30)28(36)23-9-6-11-25(18-23)38-2/h3-11,14,17-18,26H,12-13,15-16,19-20H2,1-2H3,(H,32,35). The van der Waals surface area contributed by atoms with Crippen LogP contribution in [0.5, 0.6) is 5.75 Å². The van der Waals surface area contributed by atoms with Crippen LogP contribution in [-0.2, 0) is 16.1 Å². The molecule has 0 radical (unpaired) electrons. The molecule has 1 N–H and O–H groups in total. The zero-order valence-electron chi connectivity index (χ0n) is 22.1. The van der Waals surface area contributed by atoms with E-state index in [1.165, 1.54) is 0 Å². The van der Waals surface area contributed by atoms with Gasteiger partial charge in [-0.15, -0.1) is 0 Å². The highest BCUT2D eigenvalue weighted by molar-refractivity contribution is 5.99. The van der Waals surface area contributed by atoms with Crippen LogP contribution in [-0.4, -0.2) is 71.1 Å². The molecule has 1 atom stereocenters. The van der Waals surface area contributed by atoms with Gasteiger partial charge in [-0.25, -0.2) is 0 Å². The zero-order chi connectivity index (χ0) is 27.4. The van der Waals surface area contributed by atoms with Crippen LogP contribution in [0.1, 0.15) is 44.8 Å². The lowest BCUT2D eigenvalue weighted by Gasteiger charge is -2.44. The molecule has 5 rings (SSSR count). The van der Waals surface area contributed by atoms with Crippen molar-refractivity contribution in [3.8, 4) is 5.75 Å². The number of aromatic nitrogens is 1. The number of pyridine rings is 1. The number of likely N-dealkylation sites (tertiary alicyclic amines) is 1. The van der Waals surface area contributed by atoms with E-state index in [1.54, 1.807) is 53.4 Å². The van der Waals surface area contributed by atoms with Crippen LogP contribution in [0.4, 0.5) is 0 Å². The lowest BCUT2D eigenvalue weighted by Crippen LogP contribution is -2.59. The van der Waals surface area contributed by atoms with Crippen LogP contribution in [0.25, 0.3) is 0 Å². The lowest BCUT2D eigenvalue weighted by atomic mass is 9.95. The smallest absolute Gasteiger partial charge is 0.256 e. The summed E-state index contributed by atoms with van der Waals surface area (Å²) in [4.78, 5) is 48.1. The monoisotopic (exact) mass is 528 g/mol. The minimum Gasteiger partial charge on any atom is -0.497 e. The number of nitrogens with one attached hydrogen (secondary N) is 1. The molecule has 1 spiro atoms. The molecule has 0 aliphatic carbocycles. The van der Waals surface area contributed by atoms with Crippen molar-refractivity contribution in [2.45, 2.75) is 38.1 Å². The predicted octanol–water partition coefficient (Wildman–Crippen LogP) is 3.19. The number of piperidine rings is 1. The van der Waals surface area contributed by atoms with Gasteiger partial charge in [0.15, 0.2) is 0 Å². The van der Waals surface area contributed by atoms with Crippen molar-refractivity contribution in [2.75, 3.05) is 26.8 Å². The first-order valence-corrected chi connectivity index (χ1v) is 13.1. The van der Waals surface area contributed by atoms with Gasteiger partial charge in [0.05, 0.1) is 26.0 Å². The lowest BCUT2D eigenvalue weighted by molar-refractivity contribution is -0.128. The molecule has 2 aliphatic rings. The van der Waals surface area contributed by atoms with Crippen LogP contribution in [0, 0.1) is 6.92 Å². The van der Waals surface area contributed by atoms with Gasteiger partial charge < -0.3 is 19.7 Å². The third-order valence-electron chi connectivity index (χ3n) is 7.37. The van der Waals surface area contributed by atoms with Crippen molar-refractivity contribution >= 4 is 17.7 Å². The first-order valence-electron chi connectivity index (χ1n) is 13.1. The first-order chi connectivity index (χ1) is 18.9. The highest BCUT2D eigenvalue weighted by Crippen LogP contribution is 2.39. The normalized spacial score (nSPS) is 18.2. The molecule has 2 aromatic carbocycles. The van der Waals surface area contributed by atoms with E-state index in [2.05, 4.69) is 10.3 Å². The van der Waals surface area contributed by atoms with Crippen molar-refractivity contribution < 1.29 is 23.9 Å². The molecule has 39 heavy (non-hydrogen) atoms. The van der Waals surface area contributed by atoms with Gasteiger partial charge in [-0.3, -0.25) is 24.3 Å². The average Bonchev–Trinajstić information content (AvgIpc) is 3.34. The van der Waals surface area contributed by atoms with Crippen molar-refractivity contribution in [1.29, 1.82) is 0 Å². The van der Waals surface area contributed by atoms with Gasteiger partial charge in [-0.2, -0.15) is 0 Å². The molecule has 3 heterocycles. The molecular weight excluding hydrogens is 496 g/mol. The summed E-state index contributed by atoms with van der Waals surface area (Å²) in [6.07, 6.45) is 2.46. The Hall–Kier alpha value is -4.24. The Morgan fingerprint density at radius 2 is 1.74 bits per heavy atom. The number of carbonyl (C=O) groups is 3. The van der Waals surface area contributed by atoms with Gasteiger partial charge in [0.2, 0.25) is 5.91 Å². The molecule has 3 amide bonds. The van der Waals surface area contributed by atoms with Gasteiger partial charge >= 0.3 is 0 Å². The molecule has 2 fully saturated rings. The summed E-state index contributed by atoms with van der Waals surface area (Å²) < 4.78 is 11.6. The number of methoxy groups -OCH3 is 1. The fraction of sp³-hybridized carbons (Fsp3) is 0.333. The van der Waals surface area contributed by atoms with E-state index in [-0.39, 0.29) is 30.9 Å². The van der Waals surface area contributed by atoms with E-state index in [0.29, 0.717) is 42.8 Å². The van der Waals surface area contributed by atoms with E-state index in [0.717, 1.165) is 11.3 Å². The summed E-state index contributed by atoms with van der Waals surface area (Å²) in [6, 6.07) is 19.1. The second-order valence-electron chi connectivity index (χ2n) is 9.88. The minimum atomic E-state index is -0.987. The second-order valence-corrected chi connectivity index (χ2v) is 9.88. The van der Waals surface area contributed by atoms with E-state index in [9.17, 15) is 14.4 Å². The predicted molar refractivity (Wildman–Crippen MR) is 144 cm³/mol. The number of aryl methyl sites for hydroxylation is 1. The Labute approximate surface area is 227 Å². The van der Waals surface area contributed by atoms with Gasteiger partial charge in [0, 0.05) is 43.3 Å². The molecule has 1 unspecified atom stereocenters. The summed E-state index contributed by atoms with van der Waals surface area (Å²) in [5, 5.41) is 2.92. The third kappa shape index (κ3) is 5.49. The third-order valence-corrected chi connectivity index (χ3v) is 7.37. The summed E-state index contributed by atoms with van der Waals surface area (Å²) in [5.41, 5.74) is 1.72. The van der Waals surface area contributed by atoms with Crippen molar-refractivity contribution in [3.05, 3.63) is 95.3 Å². The number of nitrogens with zero attached hydrogens (tertiary/aromatic N) is 3. The minimum absolute atomic E-state index is 0.0788. The van der Waals surface area contributed by atoms with E-state index in [4.69, 9.17) is 9.47 Å². The van der Waals surface area contributed by atoms with Crippen LogP contribution in [0.2, 0.25) is 0 Å². The van der Waals surface area contributed by atoms with Crippen molar-refractivity contribution in [1.82, 2.24) is 20.1 Å². The summed E-state index contributed by atoms with van der Waals surface area (Å²) in [7, 11) is 1.56. The molecule has 0 saturated carbocycles. The number of rotatable bonds is 6. The van der Waals surface area contributed by atoms with E-state index >= 15 is 0 Å². The number of amides is 3. The molecule has 3 aromatic rings. The van der Waals surface area contributed by atoms with Crippen LogP contribution in [0.15, 0.2) is 72.9 Å². The molecule has 2 saturated heterocycles. The molecule has 1 aromatic heterocycles. The maximum Gasteiger partial charge on any atom is 0.256 e. The molecule has 9 nitrogen and oxygen atoms in total. The van der Waals surface area contributed by atoms with Crippen molar-refractivity contribution in [3.63, 3.8) is 0 Å². The Morgan fingerprint density at radius 1 is 1.00 bits per heavy atom. The average molecular weight is 529 g/mol. The highest BCUT2D eigenvalue weighted by Gasteiger charge is 2.54. The number of hydrogen-bond acceptors (Lipinski definition) is 6. The fourth-order valence-electron chi connectivity index (χ4n) is 5.28. The number of hydrogen-bond donors (Lipinski definition) is 1. The van der Waals surface area contributed by atoms with Crippen LogP contribution in [0.3, 0.4) is 0 Å². The second kappa shape index (κ2) is 11.2. The van der Waals surface area contributed by atoms with E-state index in [1.807, 2.05) is 43.3 Å². The summed E-state index contributed by atoms with van der Waals surface area (Å²) in [5.74, 6) is -0.0546. The largest absolute Gasteiger partial charge is 0.497 e. The number of carbonyl (C=O) groups excluding carboxylic acids is 3. The van der Waals surface area contributed by atoms with Crippen LogP contribution >= 0.6 is 0 Å². The summed E-state index contributed by atoms with van der Waals surface area (Å²) in [6.45, 7) is 3.02. The Kier molecular flexibility index (Phi) is 7.60.